The lowest BCUT2D eigenvalue weighted by Crippen LogP contribution is -2.53. The maximum Gasteiger partial charge on any atom is 0.264 e. The van der Waals surface area contributed by atoms with E-state index in [4.69, 9.17) is 0 Å². The number of amides is 2. The van der Waals surface area contributed by atoms with Gasteiger partial charge in [0, 0.05) is 19.5 Å². The van der Waals surface area contributed by atoms with Gasteiger partial charge in [-0.15, -0.1) is 0 Å². The van der Waals surface area contributed by atoms with Crippen molar-refractivity contribution in [1.29, 1.82) is 0 Å². The molecule has 0 spiro atoms. The van der Waals surface area contributed by atoms with Crippen LogP contribution in [0.15, 0.2) is 108 Å². The molecule has 45 heavy (non-hydrogen) atoms. The van der Waals surface area contributed by atoms with Crippen molar-refractivity contribution in [1.82, 2.24) is 10.2 Å². The monoisotopic (exact) mass is 625 g/mol. The zero-order chi connectivity index (χ0) is 32.4. The average molecular weight is 626 g/mol. The summed E-state index contributed by atoms with van der Waals surface area (Å²) >= 11 is 0. The molecule has 0 saturated heterocycles. The summed E-state index contributed by atoms with van der Waals surface area (Å²) in [6.45, 7) is 7.97. The summed E-state index contributed by atoms with van der Waals surface area (Å²) in [6, 6.07) is 30.1. The molecule has 0 saturated carbocycles. The Labute approximate surface area is 268 Å². The Morgan fingerprint density at radius 1 is 0.778 bits per heavy atom. The third-order valence-corrected chi connectivity index (χ3v) is 9.80. The lowest BCUT2D eigenvalue weighted by molar-refractivity contribution is -0.140. The zero-order valence-electron chi connectivity index (χ0n) is 26.6. The van der Waals surface area contributed by atoms with Gasteiger partial charge in [-0.1, -0.05) is 104 Å². The first kappa shape index (κ1) is 33.5. The van der Waals surface area contributed by atoms with Gasteiger partial charge < -0.3 is 10.2 Å². The summed E-state index contributed by atoms with van der Waals surface area (Å²) in [6.07, 6.45) is 2.01. The summed E-state index contributed by atoms with van der Waals surface area (Å²) in [5, 5.41) is 3.03. The van der Waals surface area contributed by atoms with Crippen molar-refractivity contribution in [2.75, 3.05) is 17.4 Å². The Morgan fingerprint density at radius 2 is 1.42 bits per heavy atom. The Balaban J connectivity index is 1.81. The van der Waals surface area contributed by atoms with E-state index < -0.39 is 28.5 Å². The number of carbonyl (C=O) groups is 2. The number of unbranched alkanes of at least 4 members (excludes halogenated alkanes) is 1. The molecule has 0 aliphatic carbocycles. The second-order valence-corrected chi connectivity index (χ2v) is 13.3. The van der Waals surface area contributed by atoms with E-state index in [0.29, 0.717) is 12.2 Å². The van der Waals surface area contributed by atoms with E-state index in [9.17, 15) is 18.0 Å². The first-order valence-corrected chi connectivity index (χ1v) is 16.9. The molecule has 0 bridgehead atoms. The molecule has 1 N–H and O–H groups in total. The van der Waals surface area contributed by atoms with Gasteiger partial charge in [0.25, 0.3) is 10.0 Å². The van der Waals surface area contributed by atoms with Crippen LogP contribution in [-0.4, -0.2) is 44.3 Å². The van der Waals surface area contributed by atoms with Crippen LogP contribution in [0.4, 0.5) is 5.69 Å². The van der Waals surface area contributed by atoms with Crippen LogP contribution in [0.1, 0.15) is 47.6 Å². The topological polar surface area (TPSA) is 86.8 Å². The molecule has 0 aromatic heterocycles. The first-order valence-electron chi connectivity index (χ1n) is 15.4. The smallest absolute Gasteiger partial charge is 0.264 e. The van der Waals surface area contributed by atoms with E-state index in [1.54, 1.807) is 30.3 Å². The molecule has 0 fully saturated rings. The number of rotatable bonds is 14. The van der Waals surface area contributed by atoms with Crippen molar-refractivity contribution in [2.24, 2.45) is 0 Å². The fourth-order valence-electron chi connectivity index (χ4n) is 5.19. The second-order valence-electron chi connectivity index (χ2n) is 11.4. The molecule has 4 aromatic carbocycles. The summed E-state index contributed by atoms with van der Waals surface area (Å²) in [5.41, 5.74) is 4.91. The molecule has 0 aliphatic heterocycles. The number of carbonyl (C=O) groups excluding carboxylic acids is 2. The summed E-state index contributed by atoms with van der Waals surface area (Å²) in [7, 11) is -4.14. The molecule has 2 amide bonds. The maximum atomic E-state index is 14.6. The van der Waals surface area contributed by atoms with Gasteiger partial charge in [-0.3, -0.25) is 13.9 Å². The Morgan fingerprint density at radius 3 is 2.07 bits per heavy atom. The fourth-order valence-corrected chi connectivity index (χ4v) is 6.68. The maximum absolute atomic E-state index is 14.6. The largest absolute Gasteiger partial charge is 0.354 e. The zero-order valence-corrected chi connectivity index (χ0v) is 27.4. The van der Waals surface area contributed by atoms with Gasteiger partial charge in [0.1, 0.15) is 12.6 Å². The predicted octanol–water partition coefficient (Wildman–Crippen LogP) is 6.36. The minimum absolute atomic E-state index is 0.0851. The van der Waals surface area contributed by atoms with Crippen molar-refractivity contribution in [3.8, 4) is 0 Å². The third-order valence-electron chi connectivity index (χ3n) is 8.03. The highest BCUT2D eigenvalue weighted by atomic mass is 32.2. The number of hydrogen-bond donors (Lipinski definition) is 1. The quantitative estimate of drug-likeness (QED) is 0.165. The standard InChI is InChI=1S/C37H43N3O4S/c1-5-6-24-38-37(42)35(25-31-15-9-7-10-16-31)39(26-32-22-20-28(2)21-23-32)36(41)27-40(34-19-13-14-29(3)30(34)4)45(43,44)33-17-11-8-12-18-33/h7-23,35H,5-6,24-27H2,1-4H3,(H,38,42)/t35-/m1/s1. The van der Waals surface area contributed by atoms with Crippen molar-refractivity contribution < 1.29 is 18.0 Å². The van der Waals surface area contributed by atoms with E-state index in [2.05, 4.69) is 12.2 Å². The van der Waals surface area contributed by atoms with Crippen LogP contribution in [0, 0.1) is 20.8 Å². The molecule has 4 aromatic rings. The van der Waals surface area contributed by atoms with Crippen LogP contribution in [0.3, 0.4) is 0 Å². The first-order chi connectivity index (χ1) is 21.6. The molecule has 0 heterocycles. The van der Waals surface area contributed by atoms with E-state index >= 15 is 0 Å². The average Bonchev–Trinajstić information content (AvgIpc) is 3.04. The predicted molar refractivity (Wildman–Crippen MR) is 180 cm³/mol. The number of benzene rings is 4. The molecule has 0 unspecified atom stereocenters. The molecule has 0 radical (unpaired) electrons. The Hall–Kier alpha value is -4.43. The second kappa shape index (κ2) is 15.5. The van der Waals surface area contributed by atoms with Gasteiger partial charge in [0.2, 0.25) is 11.8 Å². The van der Waals surface area contributed by atoms with Gasteiger partial charge in [-0.25, -0.2) is 8.42 Å². The molecule has 1 atom stereocenters. The van der Waals surface area contributed by atoms with Crippen LogP contribution in [0.5, 0.6) is 0 Å². The third kappa shape index (κ3) is 8.60. The molecular formula is C37H43N3O4S. The molecule has 8 heteroatoms. The van der Waals surface area contributed by atoms with Crippen LogP contribution >= 0.6 is 0 Å². The highest BCUT2D eigenvalue weighted by molar-refractivity contribution is 7.92. The SMILES string of the molecule is CCCCNC(=O)[C@@H](Cc1ccccc1)N(Cc1ccc(C)cc1)C(=O)CN(c1cccc(C)c1C)S(=O)(=O)c1ccccc1. The van der Waals surface area contributed by atoms with Gasteiger partial charge in [0.05, 0.1) is 10.6 Å². The van der Waals surface area contributed by atoms with E-state index in [0.717, 1.165) is 40.7 Å². The molecule has 236 valence electrons. The number of hydrogen-bond acceptors (Lipinski definition) is 4. The van der Waals surface area contributed by atoms with Crippen LogP contribution in [-0.2, 0) is 32.6 Å². The van der Waals surface area contributed by atoms with Crippen LogP contribution in [0.25, 0.3) is 0 Å². The highest BCUT2D eigenvalue weighted by Gasteiger charge is 2.35. The Kier molecular flexibility index (Phi) is 11.5. The summed E-state index contributed by atoms with van der Waals surface area (Å²) < 4.78 is 29.6. The highest BCUT2D eigenvalue weighted by Crippen LogP contribution is 2.29. The van der Waals surface area contributed by atoms with Gasteiger partial charge >= 0.3 is 0 Å². The van der Waals surface area contributed by atoms with E-state index in [1.165, 1.54) is 21.3 Å². The van der Waals surface area contributed by atoms with Gasteiger partial charge in [-0.2, -0.15) is 0 Å². The number of nitrogens with zero attached hydrogens (tertiary/aromatic N) is 2. The summed E-state index contributed by atoms with van der Waals surface area (Å²) in [4.78, 5) is 30.1. The van der Waals surface area contributed by atoms with Gasteiger partial charge in [-0.05, 0) is 67.6 Å². The van der Waals surface area contributed by atoms with Crippen molar-refractivity contribution >= 4 is 27.5 Å². The van der Waals surface area contributed by atoms with Crippen LogP contribution < -0.4 is 9.62 Å². The fraction of sp³-hybridized carbons (Fsp3) is 0.297. The molecule has 7 nitrogen and oxygen atoms in total. The number of aryl methyl sites for hydroxylation is 2. The number of anilines is 1. The minimum Gasteiger partial charge on any atom is -0.354 e. The van der Waals surface area contributed by atoms with Crippen molar-refractivity contribution in [3.63, 3.8) is 0 Å². The van der Waals surface area contributed by atoms with E-state index in [1.807, 2.05) is 81.4 Å². The minimum atomic E-state index is -4.14. The lowest BCUT2D eigenvalue weighted by Gasteiger charge is -2.34. The van der Waals surface area contributed by atoms with Crippen molar-refractivity contribution in [2.45, 2.75) is 64.4 Å². The number of sulfonamides is 1. The van der Waals surface area contributed by atoms with Crippen LogP contribution in [0.2, 0.25) is 0 Å². The Bertz CT molecular complexity index is 1670. The van der Waals surface area contributed by atoms with Crippen molar-refractivity contribution in [3.05, 3.63) is 131 Å². The van der Waals surface area contributed by atoms with Gasteiger partial charge in [0.15, 0.2) is 0 Å². The lowest BCUT2D eigenvalue weighted by atomic mass is 10.0. The normalized spacial score (nSPS) is 11.9. The molecular weight excluding hydrogens is 582 g/mol. The molecule has 0 aliphatic rings. The summed E-state index contributed by atoms with van der Waals surface area (Å²) in [5.74, 6) is -0.737. The molecule has 4 rings (SSSR count). The number of nitrogens with one attached hydrogen (secondary N) is 1. The van der Waals surface area contributed by atoms with E-state index in [-0.39, 0.29) is 23.8 Å².